The lowest BCUT2D eigenvalue weighted by molar-refractivity contribution is 0.238. The SMILES string of the molecule is COc1ncc(-c2cnc(N(C(=O)NC(C)C)C3CCC(Nc4ncc(C#N)c(-c5[nH]ncc5Cl)n4)CC3)cn2)cn1. The van der Waals surface area contributed by atoms with Gasteiger partial charge in [0.15, 0.2) is 5.82 Å². The number of methoxy groups -OCH3 is 1. The number of aromatic nitrogens is 8. The number of anilines is 2. The number of H-pyrrole nitrogens is 1. The average molecular weight is 589 g/mol. The maximum atomic E-state index is 13.3. The predicted octanol–water partition coefficient (Wildman–Crippen LogP) is 4.00. The summed E-state index contributed by atoms with van der Waals surface area (Å²) >= 11 is 6.21. The van der Waals surface area contributed by atoms with Crippen molar-refractivity contribution in [1.82, 2.24) is 45.4 Å². The van der Waals surface area contributed by atoms with E-state index >= 15 is 0 Å². The van der Waals surface area contributed by atoms with Gasteiger partial charge in [0.25, 0.3) is 0 Å². The number of carbonyl (C=O) groups excluding carboxylic acids is 1. The number of hydrogen-bond donors (Lipinski definition) is 3. The molecule has 15 heteroatoms. The summed E-state index contributed by atoms with van der Waals surface area (Å²) in [7, 11) is 1.50. The van der Waals surface area contributed by atoms with Crippen molar-refractivity contribution < 1.29 is 9.53 Å². The highest BCUT2D eigenvalue weighted by Crippen LogP contribution is 2.30. The Labute approximate surface area is 247 Å². The number of halogens is 1. The Balaban J connectivity index is 1.29. The number of nitrogens with zero attached hydrogens (tertiary/aromatic N) is 9. The van der Waals surface area contributed by atoms with Crippen LogP contribution < -0.4 is 20.3 Å². The van der Waals surface area contributed by atoms with E-state index in [9.17, 15) is 10.1 Å². The van der Waals surface area contributed by atoms with Gasteiger partial charge < -0.3 is 15.4 Å². The van der Waals surface area contributed by atoms with Crippen LogP contribution in [0.5, 0.6) is 6.01 Å². The lowest BCUT2D eigenvalue weighted by Gasteiger charge is -2.36. The van der Waals surface area contributed by atoms with Crippen LogP contribution in [-0.2, 0) is 0 Å². The molecule has 0 bridgehead atoms. The highest BCUT2D eigenvalue weighted by atomic mass is 35.5. The van der Waals surface area contributed by atoms with Gasteiger partial charge >= 0.3 is 12.0 Å². The number of carbonyl (C=O) groups is 1. The zero-order valence-electron chi connectivity index (χ0n) is 23.2. The third kappa shape index (κ3) is 6.36. The average Bonchev–Trinajstić information content (AvgIpc) is 3.43. The van der Waals surface area contributed by atoms with Crippen molar-refractivity contribution in [3.63, 3.8) is 0 Å². The van der Waals surface area contributed by atoms with Crippen LogP contribution in [0.2, 0.25) is 5.02 Å². The zero-order chi connectivity index (χ0) is 29.6. The number of hydrogen-bond acceptors (Lipinski definition) is 11. The van der Waals surface area contributed by atoms with Crippen LogP contribution in [0, 0.1) is 11.3 Å². The van der Waals surface area contributed by atoms with Crippen LogP contribution in [0.25, 0.3) is 22.6 Å². The smallest absolute Gasteiger partial charge is 0.323 e. The molecule has 1 saturated carbocycles. The first-order chi connectivity index (χ1) is 20.4. The van der Waals surface area contributed by atoms with Crippen molar-refractivity contribution in [1.29, 1.82) is 5.26 Å². The Morgan fingerprint density at radius 1 is 1.07 bits per heavy atom. The monoisotopic (exact) mass is 588 g/mol. The number of ether oxygens (including phenoxy) is 1. The molecular formula is C27H29ClN12O2. The van der Waals surface area contributed by atoms with E-state index in [0.29, 0.717) is 52.3 Å². The van der Waals surface area contributed by atoms with Gasteiger partial charge in [-0.15, -0.1) is 0 Å². The van der Waals surface area contributed by atoms with Gasteiger partial charge in [0.05, 0.1) is 48.2 Å². The summed E-state index contributed by atoms with van der Waals surface area (Å²) in [4.78, 5) is 41.2. The molecule has 0 atom stereocenters. The van der Waals surface area contributed by atoms with E-state index in [4.69, 9.17) is 16.3 Å². The maximum absolute atomic E-state index is 13.3. The summed E-state index contributed by atoms with van der Waals surface area (Å²) in [5.41, 5.74) is 2.39. The number of nitriles is 1. The molecule has 1 aliphatic carbocycles. The Bertz CT molecular complexity index is 1560. The Morgan fingerprint density at radius 3 is 2.43 bits per heavy atom. The Morgan fingerprint density at radius 2 is 1.83 bits per heavy atom. The first-order valence-electron chi connectivity index (χ1n) is 13.4. The molecule has 14 nitrogen and oxygen atoms in total. The fourth-order valence-electron chi connectivity index (χ4n) is 4.74. The zero-order valence-corrected chi connectivity index (χ0v) is 24.0. The van der Waals surface area contributed by atoms with Crippen molar-refractivity contribution >= 4 is 29.4 Å². The minimum Gasteiger partial charge on any atom is -0.467 e. The van der Waals surface area contributed by atoms with E-state index < -0.39 is 0 Å². The van der Waals surface area contributed by atoms with Gasteiger partial charge in [0.2, 0.25) is 5.95 Å². The first-order valence-corrected chi connectivity index (χ1v) is 13.7. The van der Waals surface area contributed by atoms with Crippen LogP contribution in [0.3, 0.4) is 0 Å². The Kier molecular flexibility index (Phi) is 8.68. The van der Waals surface area contributed by atoms with Gasteiger partial charge in [0, 0.05) is 36.1 Å². The fourth-order valence-corrected chi connectivity index (χ4v) is 4.92. The second-order valence-electron chi connectivity index (χ2n) is 10.0. The van der Waals surface area contributed by atoms with Gasteiger partial charge in [-0.05, 0) is 39.5 Å². The number of urea groups is 1. The van der Waals surface area contributed by atoms with Crippen LogP contribution in [-0.4, -0.2) is 71.4 Å². The summed E-state index contributed by atoms with van der Waals surface area (Å²) in [6.45, 7) is 3.83. The molecule has 4 aromatic heterocycles. The molecule has 0 saturated heterocycles. The second-order valence-corrected chi connectivity index (χ2v) is 10.4. The van der Waals surface area contributed by atoms with Crippen molar-refractivity contribution in [2.24, 2.45) is 0 Å². The molecule has 4 aromatic rings. The largest absolute Gasteiger partial charge is 0.467 e. The molecule has 216 valence electrons. The van der Waals surface area contributed by atoms with E-state index in [1.807, 2.05) is 13.8 Å². The minimum absolute atomic E-state index is 0.0483. The number of amides is 2. The van der Waals surface area contributed by atoms with Crippen LogP contribution in [0.1, 0.15) is 45.1 Å². The molecule has 0 aromatic carbocycles. The summed E-state index contributed by atoms with van der Waals surface area (Å²) in [6, 6.07) is 2.05. The molecule has 0 spiro atoms. The lowest BCUT2D eigenvalue weighted by Crippen LogP contribution is -2.50. The van der Waals surface area contributed by atoms with E-state index in [1.54, 1.807) is 29.7 Å². The van der Waals surface area contributed by atoms with Crippen molar-refractivity contribution in [2.45, 2.75) is 57.7 Å². The molecule has 42 heavy (non-hydrogen) atoms. The summed E-state index contributed by atoms with van der Waals surface area (Å²) in [6.07, 6.45) is 12.3. The highest BCUT2D eigenvalue weighted by Gasteiger charge is 2.32. The molecule has 5 rings (SSSR count). The van der Waals surface area contributed by atoms with Crippen molar-refractivity contribution in [2.75, 3.05) is 17.3 Å². The number of rotatable bonds is 8. The second kappa shape index (κ2) is 12.7. The predicted molar refractivity (Wildman–Crippen MR) is 155 cm³/mol. The molecule has 0 aliphatic heterocycles. The van der Waals surface area contributed by atoms with Crippen molar-refractivity contribution in [3.8, 4) is 34.7 Å². The van der Waals surface area contributed by atoms with Crippen LogP contribution >= 0.6 is 11.6 Å². The molecular weight excluding hydrogens is 560 g/mol. The topological polar surface area (TPSA) is 183 Å². The molecule has 0 unspecified atom stereocenters. The number of aromatic amines is 1. The Hall–Kier alpha value is -4.90. The third-order valence-electron chi connectivity index (χ3n) is 6.76. The van der Waals surface area contributed by atoms with E-state index in [-0.39, 0.29) is 35.7 Å². The van der Waals surface area contributed by atoms with Crippen LogP contribution in [0.15, 0.2) is 37.2 Å². The fraction of sp³-hybridized carbons (Fsp3) is 0.370. The van der Waals surface area contributed by atoms with E-state index in [0.717, 1.165) is 12.8 Å². The lowest BCUT2D eigenvalue weighted by atomic mass is 9.90. The molecule has 1 aliphatic rings. The van der Waals surface area contributed by atoms with Crippen molar-refractivity contribution in [3.05, 3.63) is 47.8 Å². The summed E-state index contributed by atoms with van der Waals surface area (Å²) < 4.78 is 5.01. The standard InChI is InChI=1S/C27H29ClN12O2/c1-15(2)36-27(41)40(22-14-30-21(13-31-22)17-10-33-26(42-3)34-11-17)19-6-4-18(5-7-19)37-25-32-9-16(8-29)23(38-25)24-20(28)12-35-39-24/h9-15,18-19H,4-7H2,1-3H3,(H,35,39)(H,36,41)(H,32,37,38). The van der Waals surface area contributed by atoms with E-state index in [2.05, 4.69) is 56.8 Å². The van der Waals surface area contributed by atoms with Gasteiger partial charge in [0.1, 0.15) is 17.5 Å². The maximum Gasteiger partial charge on any atom is 0.323 e. The highest BCUT2D eigenvalue weighted by molar-refractivity contribution is 6.32. The first kappa shape index (κ1) is 28.6. The summed E-state index contributed by atoms with van der Waals surface area (Å²) in [5, 5.41) is 22.9. The number of nitrogens with one attached hydrogen (secondary N) is 3. The van der Waals surface area contributed by atoms with Crippen LogP contribution in [0.4, 0.5) is 16.6 Å². The quantitative estimate of drug-likeness (QED) is 0.270. The molecule has 0 radical (unpaired) electrons. The summed E-state index contributed by atoms with van der Waals surface area (Å²) in [5.74, 6) is 0.843. The van der Waals surface area contributed by atoms with E-state index in [1.165, 1.54) is 19.5 Å². The van der Waals surface area contributed by atoms with Gasteiger partial charge in [-0.3, -0.25) is 15.0 Å². The molecule has 3 N–H and O–H groups in total. The normalized spacial score (nSPS) is 16.5. The molecule has 4 heterocycles. The van der Waals surface area contributed by atoms with Gasteiger partial charge in [-0.1, -0.05) is 11.6 Å². The third-order valence-corrected chi connectivity index (χ3v) is 7.04. The molecule has 2 amide bonds. The minimum atomic E-state index is -0.229. The molecule has 1 fully saturated rings. The van der Waals surface area contributed by atoms with Gasteiger partial charge in [-0.25, -0.2) is 29.7 Å². The van der Waals surface area contributed by atoms with Gasteiger partial charge in [-0.2, -0.15) is 10.4 Å².